The van der Waals surface area contributed by atoms with Crippen molar-refractivity contribution in [3.05, 3.63) is 0 Å². The summed E-state index contributed by atoms with van der Waals surface area (Å²) in [7, 11) is -9.93. The van der Waals surface area contributed by atoms with Crippen molar-refractivity contribution >= 4 is 39.5 Å². The molecule has 0 bridgehead atoms. The standard InChI is InChI=1S/C86H168O17P2/c1-8-10-11-12-13-14-15-22-32-39-46-53-60-67-83(88)96-73-82(103-86(91)70-63-56-49-42-35-28-27-30-37-44-51-58-65-78(5)6)76-101-105(94,95)99-72-80(87)71-98-104(92,93)100-75-81(74-97-84(89)68-61-54-47-40-33-25-21-20-24-31-38-45-52-59-66-79(7)9-2)102-85(90)69-62-55-48-41-34-26-19-17-16-18-23-29-36-43-50-57-64-77(3)4/h77-82,87H,8-76H2,1-7H3,(H,92,93)(H,94,95)/t79?,80-,81-,82-/m1/s1. The van der Waals surface area contributed by atoms with Crippen LogP contribution in [-0.4, -0.2) is 96.7 Å². The van der Waals surface area contributed by atoms with Crippen molar-refractivity contribution in [2.24, 2.45) is 17.8 Å². The van der Waals surface area contributed by atoms with E-state index in [1.54, 1.807) is 0 Å². The molecule has 19 heteroatoms. The van der Waals surface area contributed by atoms with Gasteiger partial charge in [-0.1, -0.05) is 402 Å². The van der Waals surface area contributed by atoms with Gasteiger partial charge in [-0.3, -0.25) is 37.3 Å². The summed E-state index contributed by atoms with van der Waals surface area (Å²) in [5, 5.41) is 10.7. The summed E-state index contributed by atoms with van der Waals surface area (Å²) < 4.78 is 68.9. The van der Waals surface area contributed by atoms with Gasteiger partial charge in [0.2, 0.25) is 0 Å². The van der Waals surface area contributed by atoms with Crippen LogP contribution in [0.15, 0.2) is 0 Å². The molecule has 0 rings (SSSR count). The maximum Gasteiger partial charge on any atom is 0.472 e. The molecule has 6 atom stereocenters. The fraction of sp³-hybridized carbons (Fsp3) is 0.953. The number of aliphatic hydroxyl groups excluding tert-OH is 1. The fourth-order valence-electron chi connectivity index (χ4n) is 13.3. The molecule has 17 nitrogen and oxygen atoms in total. The van der Waals surface area contributed by atoms with Gasteiger partial charge in [0.05, 0.1) is 26.4 Å². The number of hydrogen-bond acceptors (Lipinski definition) is 15. The highest BCUT2D eigenvalue weighted by Crippen LogP contribution is 2.45. The largest absolute Gasteiger partial charge is 0.472 e. The van der Waals surface area contributed by atoms with Crippen LogP contribution in [0.2, 0.25) is 0 Å². The molecule has 0 saturated heterocycles. The molecule has 0 aliphatic heterocycles. The van der Waals surface area contributed by atoms with Gasteiger partial charge in [0.1, 0.15) is 19.3 Å². The Bertz CT molecular complexity index is 2030. The summed E-state index contributed by atoms with van der Waals surface area (Å²) in [6.07, 6.45) is 66.4. The van der Waals surface area contributed by atoms with Gasteiger partial charge in [0.25, 0.3) is 0 Å². The summed E-state index contributed by atoms with van der Waals surface area (Å²) in [5.41, 5.74) is 0. The van der Waals surface area contributed by atoms with Crippen molar-refractivity contribution in [3.63, 3.8) is 0 Å². The normalized spacial score (nSPS) is 14.1. The minimum Gasteiger partial charge on any atom is -0.462 e. The highest BCUT2D eigenvalue weighted by atomic mass is 31.2. The van der Waals surface area contributed by atoms with Gasteiger partial charge in [0, 0.05) is 25.7 Å². The predicted octanol–water partition coefficient (Wildman–Crippen LogP) is 26.1. The zero-order valence-corrected chi connectivity index (χ0v) is 71.0. The Labute approximate surface area is 645 Å². The number of phosphoric ester groups is 2. The van der Waals surface area contributed by atoms with E-state index in [0.29, 0.717) is 25.7 Å². The van der Waals surface area contributed by atoms with E-state index >= 15 is 0 Å². The monoisotopic (exact) mass is 1540 g/mol. The molecule has 0 radical (unpaired) electrons. The van der Waals surface area contributed by atoms with E-state index in [4.69, 9.17) is 37.0 Å². The molecule has 0 aromatic rings. The van der Waals surface area contributed by atoms with Gasteiger partial charge in [0.15, 0.2) is 12.2 Å². The number of phosphoric acid groups is 2. The van der Waals surface area contributed by atoms with Crippen molar-refractivity contribution < 1.29 is 80.2 Å². The van der Waals surface area contributed by atoms with Crippen LogP contribution in [0, 0.1) is 17.8 Å². The van der Waals surface area contributed by atoms with E-state index in [2.05, 4.69) is 48.5 Å². The van der Waals surface area contributed by atoms with Crippen molar-refractivity contribution in [1.29, 1.82) is 0 Å². The molecule has 0 heterocycles. The van der Waals surface area contributed by atoms with Crippen LogP contribution in [0.5, 0.6) is 0 Å². The Morgan fingerprint density at radius 2 is 0.486 bits per heavy atom. The third-order valence-corrected chi connectivity index (χ3v) is 22.4. The van der Waals surface area contributed by atoms with Crippen LogP contribution in [0.25, 0.3) is 0 Å². The molecule has 0 aromatic heterocycles. The lowest BCUT2D eigenvalue weighted by Gasteiger charge is -2.21. The van der Waals surface area contributed by atoms with Crippen molar-refractivity contribution in [3.8, 4) is 0 Å². The van der Waals surface area contributed by atoms with Crippen LogP contribution in [0.1, 0.15) is 453 Å². The molecule has 0 aromatic carbocycles. The highest BCUT2D eigenvalue weighted by Gasteiger charge is 2.30. The van der Waals surface area contributed by atoms with Crippen LogP contribution >= 0.6 is 15.6 Å². The Kier molecular flexibility index (Phi) is 74.7. The molecule has 0 spiro atoms. The molecule has 0 amide bonds. The summed E-state index contributed by atoms with van der Waals surface area (Å²) in [6, 6.07) is 0. The molecule has 105 heavy (non-hydrogen) atoms. The maximum atomic E-state index is 13.2. The molecule has 3 unspecified atom stereocenters. The predicted molar refractivity (Wildman–Crippen MR) is 432 cm³/mol. The number of unbranched alkanes of at least 4 members (excludes halogenated alkanes) is 51. The topological polar surface area (TPSA) is 237 Å². The first-order valence-electron chi connectivity index (χ1n) is 44.4. The number of hydrogen-bond donors (Lipinski definition) is 3. The first-order chi connectivity index (χ1) is 50.8. The Morgan fingerprint density at radius 1 is 0.276 bits per heavy atom. The molecule has 0 fully saturated rings. The molecule has 0 aliphatic carbocycles. The van der Waals surface area contributed by atoms with Gasteiger partial charge in [-0.05, 0) is 43.4 Å². The van der Waals surface area contributed by atoms with Gasteiger partial charge < -0.3 is 33.8 Å². The molecular formula is C86H168O17P2. The van der Waals surface area contributed by atoms with E-state index in [-0.39, 0.29) is 25.7 Å². The van der Waals surface area contributed by atoms with Crippen molar-refractivity contribution in [1.82, 2.24) is 0 Å². The third kappa shape index (κ3) is 78.5. The molecule has 3 N–H and O–H groups in total. The Balaban J connectivity index is 5.27. The van der Waals surface area contributed by atoms with E-state index in [1.807, 2.05) is 0 Å². The first kappa shape index (κ1) is 103. The van der Waals surface area contributed by atoms with E-state index < -0.39 is 97.5 Å². The maximum absolute atomic E-state index is 13.2. The van der Waals surface area contributed by atoms with Gasteiger partial charge >= 0.3 is 39.5 Å². The van der Waals surface area contributed by atoms with Gasteiger partial charge in [-0.15, -0.1) is 0 Å². The molecule has 0 saturated carbocycles. The average molecular weight is 1540 g/mol. The summed E-state index contributed by atoms with van der Waals surface area (Å²) >= 11 is 0. The second kappa shape index (κ2) is 76.1. The quantitative estimate of drug-likeness (QED) is 0.0222. The molecule has 624 valence electrons. The zero-order chi connectivity index (χ0) is 77.2. The Morgan fingerprint density at radius 3 is 0.724 bits per heavy atom. The summed E-state index contributed by atoms with van der Waals surface area (Å²) in [6.45, 7) is 12.1. The van der Waals surface area contributed by atoms with Crippen molar-refractivity contribution in [2.45, 2.75) is 471 Å². The fourth-order valence-corrected chi connectivity index (χ4v) is 14.9. The minimum atomic E-state index is -4.97. The lowest BCUT2D eigenvalue weighted by atomic mass is 9.99. The number of carbonyl (C=O) groups is 4. The van der Waals surface area contributed by atoms with Crippen LogP contribution in [0.3, 0.4) is 0 Å². The second-order valence-corrected chi connectivity index (χ2v) is 35.0. The molecular weight excluding hydrogens is 1370 g/mol. The smallest absolute Gasteiger partial charge is 0.462 e. The molecule has 0 aliphatic rings. The average Bonchev–Trinajstić information content (AvgIpc) is 0.946. The number of aliphatic hydroxyl groups is 1. The van der Waals surface area contributed by atoms with Gasteiger partial charge in [-0.2, -0.15) is 0 Å². The zero-order valence-electron chi connectivity index (χ0n) is 69.2. The lowest BCUT2D eigenvalue weighted by Crippen LogP contribution is -2.30. The van der Waals surface area contributed by atoms with Gasteiger partial charge in [-0.25, -0.2) is 9.13 Å². The number of rotatable bonds is 84. The second-order valence-electron chi connectivity index (χ2n) is 32.1. The SMILES string of the molecule is CCCCCCCCCCCCCCCC(=O)OC[C@H](COP(=O)(O)OC[C@H](O)COP(=O)(O)OC[C@@H](COC(=O)CCCCCCCCCCCCCCCCC(C)CC)OC(=O)CCCCCCCCCCCCCCCCCCC(C)C)OC(=O)CCCCCCCCCCCCCCC(C)C. The summed E-state index contributed by atoms with van der Waals surface area (Å²) in [4.78, 5) is 73.3. The van der Waals surface area contributed by atoms with Crippen LogP contribution < -0.4 is 0 Å². The third-order valence-electron chi connectivity index (χ3n) is 20.5. The lowest BCUT2D eigenvalue weighted by molar-refractivity contribution is -0.161. The first-order valence-corrected chi connectivity index (χ1v) is 47.4. The van der Waals surface area contributed by atoms with Crippen LogP contribution in [-0.2, 0) is 65.4 Å². The summed E-state index contributed by atoms with van der Waals surface area (Å²) in [5.74, 6) is 0.334. The van der Waals surface area contributed by atoms with E-state index in [1.165, 1.54) is 263 Å². The van der Waals surface area contributed by atoms with Crippen LogP contribution in [0.4, 0.5) is 0 Å². The van der Waals surface area contributed by atoms with Crippen molar-refractivity contribution in [2.75, 3.05) is 39.6 Å². The number of carbonyl (C=O) groups excluding carboxylic acids is 4. The van der Waals surface area contributed by atoms with E-state index in [0.717, 1.165) is 108 Å². The minimum absolute atomic E-state index is 0.107. The number of esters is 4. The number of ether oxygens (including phenoxy) is 4. The van der Waals surface area contributed by atoms with E-state index in [9.17, 15) is 43.2 Å². The Hall–Kier alpha value is -1.94. The highest BCUT2D eigenvalue weighted by molar-refractivity contribution is 7.47.